The zero-order chi connectivity index (χ0) is 22.3. The first-order valence-corrected chi connectivity index (χ1v) is 10.3. The lowest BCUT2D eigenvalue weighted by molar-refractivity contribution is -0.132. The zero-order valence-corrected chi connectivity index (χ0v) is 17.9. The molecule has 4 rings (SSSR count). The Morgan fingerprint density at radius 2 is 1.74 bits per heavy atom. The van der Waals surface area contributed by atoms with Crippen LogP contribution in [0.5, 0.6) is 5.75 Å². The quantitative estimate of drug-likeness (QED) is 0.368. The number of amides is 1. The maximum atomic E-state index is 13.4. The summed E-state index contributed by atoms with van der Waals surface area (Å²) in [6.45, 7) is 3.71. The van der Waals surface area contributed by atoms with Crippen LogP contribution < -0.4 is 9.64 Å². The third kappa shape index (κ3) is 3.59. The van der Waals surface area contributed by atoms with Gasteiger partial charge in [-0.1, -0.05) is 12.1 Å². The van der Waals surface area contributed by atoms with E-state index in [1.54, 1.807) is 24.3 Å². The molecule has 2 aromatic carbocycles. The Balaban J connectivity index is 1.93. The number of benzene rings is 2. The second kappa shape index (κ2) is 7.96. The molecule has 31 heavy (non-hydrogen) atoms. The molecular formula is C23H19FN2O4S. The van der Waals surface area contributed by atoms with Gasteiger partial charge >= 0.3 is 5.91 Å². The van der Waals surface area contributed by atoms with E-state index in [-0.39, 0.29) is 16.9 Å². The van der Waals surface area contributed by atoms with Gasteiger partial charge in [-0.05, 0) is 55.8 Å². The Morgan fingerprint density at radius 3 is 2.29 bits per heavy atom. The molecule has 1 saturated heterocycles. The summed E-state index contributed by atoms with van der Waals surface area (Å²) in [6.07, 6.45) is 0. The number of aliphatic hydroxyl groups is 1. The molecular weight excluding hydrogens is 419 g/mol. The number of nitrogens with zero attached hydrogens (tertiary/aromatic N) is 2. The second-order valence-corrected chi connectivity index (χ2v) is 8.27. The van der Waals surface area contributed by atoms with Gasteiger partial charge in [0.05, 0.1) is 24.4 Å². The highest BCUT2D eigenvalue weighted by Crippen LogP contribution is 2.43. The fourth-order valence-electron chi connectivity index (χ4n) is 3.45. The Labute approximate surface area is 182 Å². The third-order valence-electron chi connectivity index (χ3n) is 5.22. The SMILES string of the molecule is COc1ccc(C2/C(=C(\O)c3ccc(F)cc3)C(=O)C(=O)N2c2nc(C)c(C)s2)cc1. The van der Waals surface area contributed by atoms with Crippen LogP contribution in [0, 0.1) is 19.7 Å². The van der Waals surface area contributed by atoms with Crippen LogP contribution in [0.4, 0.5) is 9.52 Å². The summed E-state index contributed by atoms with van der Waals surface area (Å²) in [5.74, 6) is -1.84. The van der Waals surface area contributed by atoms with Gasteiger partial charge in [0.15, 0.2) is 5.13 Å². The third-order valence-corrected chi connectivity index (χ3v) is 6.29. The van der Waals surface area contributed by atoms with Crippen molar-refractivity contribution in [1.82, 2.24) is 4.98 Å². The molecule has 1 unspecified atom stereocenters. The summed E-state index contributed by atoms with van der Waals surface area (Å²) >= 11 is 1.30. The summed E-state index contributed by atoms with van der Waals surface area (Å²) < 4.78 is 18.6. The molecule has 0 aliphatic carbocycles. The number of thiazole rings is 1. The standard InChI is InChI=1S/C23H19FN2O4S/c1-12-13(2)31-23(25-12)26-19(14-6-10-17(30-3)11-7-14)18(21(28)22(26)29)20(27)15-4-8-16(24)9-5-15/h4-11,19,27H,1-3H3/b20-18+. The number of anilines is 1. The predicted octanol–water partition coefficient (Wildman–Crippen LogP) is 4.53. The molecule has 1 fully saturated rings. The van der Waals surface area contributed by atoms with Gasteiger partial charge in [-0.2, -0.15) is 0 Å². The molecule has 1 aromatic heterocycles. The summed E-state index contributed by atoms with van der Waals surface area (Å²) in [5, 5.41) is 11.3. The van der Waals surface area contributed by atoms with Crippen molar-refractivity contribution in [3.8, 4) is 5.75 Å². The molecule has 8 heteroatoms. The van der Waals surface area contributed by atoms with E-state index in [0.717, 1.165) is 10.6 Å². The molecule has 3 aromatic rings. The van der Waals surface area contributed by atoms with Crippen molar-refractivity contribution in [2.45, 2.75) is 19.9 Å². The minimum Gasteiger partial charge on any atom is -0.507 e. The molecule has 0 saturated carbocycles. The summed E-state index contributed by atoms with van der Waals surface area (Å²) in [4.78, 5) is 32.8. The van der Waals surface area contributed by atoms with Crippen LogP contribution in [0.3, 0.4) is 0 Å². The number of aryl methyl sites for hydroxylation is 2. The van der Waals surface area contributed by atoms with E-state index in [2.05, 4.69) is 4.98 Å². The molecule has 0 bridgehead atoms. The van der Waals surface area contributed by atoms with Crippen LogP contribution in [0.25, 0.3) is 5.76 Å². The van der Waals surface area contributed by atoms with Crippen molar-refractivity contribution in [3.05, 3.63) is 81.6 Å². The van der Waals surface area contributed by atoms with E-state index in [1.807, 2.05) is 13.8 Å². The minimum atomic E-state index is -0.888. The van der Waals surface area contributed by atoms with E-state index in [4.69, 9.17) is 4.74 Å². The van der Waals surface area contributed by atoms with E-state index >= 15 is 0 Å². The normalized spacial score (nSPS) is 17.9. The zero-order valence-electron chi connectivity index (χ0n) is 17.0. The van der Waals surface area contributed by atoms with Crippen LogP contribution >= 0.6 is 11.3 Å². The van der Waals surface area contributed by atoms with Crippen molar-refractivity contribution in [1.29, 1.82) is 0 Å². The number of aliphatic hydroxyl groups excluding tert-OH is 1. The minimum absolute atomic E-state index is 0.0766. The van der Waals surface area contributed by atoms with Gasteiger partial charge in [0.2, 0.25) is 0 Å². The predicted molar refractivity (Wildman–Crippen MR) is 116 cm³/mol. The Morgan fingerprint density at radius 1 is 1.10 bits per heavy atom. The first-order valence-electron chi connectivity index (χ1n) is 9.46. The summed E-state index contributed by atoms with van der Waals surface area (Å²) in [6, 6.07) is 11.1. The number of Topliss-reactive ketones (excluding diaryl/α,β-unsaturated/α-hetero) is 1. The number of rotatable bonds is 4. The van der Waals surface area contributed by atoms with Crippen LogP contribution in [-0.2, 0) is 9.59 Å². The number of halogens is 1. The highest BCUT2D eigenvalue weighted by atomic mass is 32.1. The maximum Gasteiger partial charge on any atom is 0.301 e. The summed E-state index contributed by atoms with van der Waals surface area (Å²) in [5.41, 5.74) is 1.53. The maximum absolute atomic E-state index is 13.4. The number of carbonyl (C=O) groups is 2. The monoisotopic (exact) mass is 438 g/mol. The molecule has 2 heterocycles. The lowest BCUT2D eigenvalue weighted by atomic mass is 9.95. The first kappa shape index (κ1) is 20.7. The number of hydrogen-bond acceptors (Lipinski definition) is 6. The van der Waals surface area contributed by atoms with Crippen molar-refractivity contribution in [2.75, 3.05) is 12.0 Å². The Bertz CT molecular complexity index is 1180. The number of hydrogen-bond donors (Lipinski definition) is 1. The largest absolute Gasteiger partial charge is 0.507 e. The van der Waals surface area contributed by atoms with Gasteiger partial charge in [0, 0.05) is 10.4 Å². The Kier molecular flexibility index (Phi) is 5.32. The molecule has 1 atom stereocenters. The van der Waals surface area contributed by atoms with Crippen molar-refractivity contribution >= 4 is 33.9 Å². The van der Waals surface area contributed by atoms with Crippen LogP contribution in [0.15, 0.2) is 54.1 Å². The highest BCUT2D eigenvalue weighted by molar-refractivity contribution is 7.16. The van der Waals surface area contributed by atoms with Gasteiger partial charge in [0.25, 0.3) is 5.78 Å². The topological polar surface area (TPSA) is 79.7 Å². The number of aromatic nitrogens is 1. The van der Waals surface area contributed by atoms with E-state index < -0.39 is 23.5 Å². The van der Waals surface area contributed by atoms with Crippen molar-refractivity contribution in [2.24, 2.45) is 0 Å². The van der Waals surface area contributed by atoms with E-state index in [9.17, 15) is 19.1 Å². The average Bonchev–Trinajstić information content (AvgIpc) is 3.23. The van der Waals surface area contributed by atoms with Gasteiger partial charge in [-0.25, -0.2) is 9.37 Å². The average molecular weight is 438 g/mol. The lowest BCUT2D eigenvalue weighted by Gasteiger charge is -2.23. The van der Waals surface area contributed by atoms with Gasteiger partial charge in [0.1, 0.15) is 17.3 Å². The van der Waals surface area contributed by atoms with Gasteiger partial charge < -0.3 is 9.84 Å². The fourth-order valence-corrected chi connectivity index (χ4v) is 4.39. The number of methoxy groups -OCH3 is 1. The number of carbonyl (C=O) groups excluding carboxylic acids is 2. The second-order valence-electron chi connectivity index (χ2n) is 7.09. The molecule has 158 valence electrons. The lowest BCUT2D eigenvalue weighted by Crippen LogP contribution is -2.29. The molecule has 0 spiro atoms. The highest BCUT2D eigenvalue weighted by Gasteiger charge is 2.48. The molecule has 0 radical (unpaired) electrons. The smallest absolute Gasteiger partial charge is 0.301 e. The van der Waals surface area contributed by atoms with Crippen LogP contribution in [-0.4, -0.2) is 28.9 Å². The van der Waals surface area contributed by atoms with Crippen LogP contribution in [0.1, 0.15) is 27.7 Å². The van der Waals surface area contributed by atoms with E-state index in [1.165, 1.54) is 47.6 Å². The van der Waals surface area contributed by atoms with Gasteiger partial charge in [-0.3, -0.25) is 14.5 Å². The van der Waals surface area contributed by atoms with Crippen LogP contribution in [0.2, 0.25) is 0 Å². The molecule has 1 aliphatic heterocycles. The molecule has 1 aliphatic rings. The molecule has 6 nitrogen and oxygen atoms in total. The van der Waals surface area contributed by atoms with Crippen molar-refractivity contribution < 1.29 is 23.8 Å². The van der Waals surface area contributed by atoms with Crippen molar-refractivity contribution in [3.63, 3.8) is 0 Å². The summed E-state index contributed by atoms with van der Waals surface area (Å²) in [7, 11) is 1.54. The number of ether oxygens (including phenoxy) is 1. The van der Waals surface area contributed by atoms with E-state index in [0.29, 0.717) is 16.4 Å². The molecule has 1 N–H and O–H groups in total. The Hall–Kier alpha value is -3.52. The fraction of sp³-hybridized carbons (Fsp3) is 0.174. The molecule has 1 amide bonds. The van der Waals surface area contributed by atoms with Gasteiger partial charge in [-0.15, -0.1) is 11.3 Å². The number of ketones is 1. The first-order chi connectivity index (χ1) is 14.8.